The molecule has 166 valence electrons. The summed E-state index contributed by atoms with van der Waals surface area (Å²) in [6.07, 6.45) is 8.97. The molecule has 2 amide bonds. The standard InChI is InChI=1S/C24H31N3O3S/c28-21(25-14-18-4-3-7-30-18)19-5-1-2-6-20(19)26-23(31)27-22(29)24-11-15-8-16(12-24)10-17(9-15)13-24/h1-2,5-6,15-18H,3-4,7-14H2,(H,25,28)(H2,26,27,29,31). The molecule has 5 aliphatic rings. The first-order valence-electron chi connectivity index (χ1n) is 11.6. The average molecular weight is 442 g/mol. The molecule has 1 unspecified atom stereocenters. The molecule has 31 heavy (non-hydrogen) atoms. The van der Waals surface area contributed by atoms with E-state index >= 15 is 0 Å². The number of benzene rings is 1. The minimum absolute atomic E-state index is 0.0596. The topological polar surface area (TPSA) is 79.5 Å². The van der Waals surface area contributed by atoms with Crippen LogP contribution in [-0.2, 0) is 9.53 Å². The zero-order chi connectivity index (χ0) is 21.4. The van der Waals surface area contributed by atoms with Crippen molar-refractivity contribution in [2.45, 2.75) is 57.5 Å². The van der Waals surface area contributed by atoms with E-state index in [1.165, 1.54) is 19.3 Å². The van der Waals surface area contributed by atoms with Gasteiger partial charge < -0.3 is 20.7 Å². The number of thiocarbonyl (C=S) groups is 1. The van der Waals surface area contributed by atoms with Gasteiger partial charge in [0.2, 0.25) is 5.91 Å². The summed E-state index contributed by atoms with van der Waals surface area (Å²) < 4.78 is 5.58. The number of nitrogens with one attached hydrogen (secondary N) is 3. The molecular formula is C24H31N3O3S. The van der Waals surface area contributed by atoms with Crippen molar-refractivity contribution in [2.75, 3.05) is 18.5 Å². The van der Waals surface area contributed by atoms with E-state index in [0.29, 0.717) is 35.5 Å². The Balaban J connectivity index is 1.21. The summed E-state index contributed by atoms with van der Waals surface area (Å²) in [6, 6.07) is 7.24. The maximum atomic E-state index is 13.2. The van der Waals surface area contributed by atoms with Crippen LogP contribution in [0.2, 0.25) is 0 Å². The van der Waals surface area contributed by atoms with Crippen molar-refractivity contribution in [3.8, 4) is 0 Å². The Bertz CT molecular complexity index is 845. The van der Waals surface area contributed by atoms with E-state index < -0.39 is 0 Å². The molecule has 1 aromatic carbocycles. The molecule has 1 aliphatic heterocycles. The molecule has 0 aromatic heterocycles. The third-order valence-corrected chi connectivity index (χ3v) is 7.89. The van der Waals surface area contributed by atoms with Crippen LogP contribution in [0.1, 0.15) is 61.7 Å². The summed E-state index contributed by atoms with van der Waals surface area (Å²) in [5.41, 5.74) is 0.855. The number of ether oxygens (including phenoxy) is 1. The lowest BCUT2D eigenvalue weighted by Crippen LogP contribution is -2.55. The Morgan fingerprint density at radius 2 is 1.74 bits per heavy atom. The van der Waals surface area contributed by atoms with Crippen molar-refractivity contribution >= 4 is 34.8 Å². The van der Waals surface area contributed by atoms with E-state index in [1.54, 1.807) is 6.07 Å². The molecule has 4 bridgehead atoms. The van der Waals surface area contributed by atoms with Gasteiger partial charge in [0.05, 0.1) is 22.8 Å². The average Bonchev–Trinajstić information content (AvgIpc) is 3.25. The smallest absolute Gasteiger partial charge is 0.253 e. The minimum atomic E-state index is -0.251. The van der Waals surface area contributed by atoms with Crippen LogP contribution in [0.4, 0.5) is 5.69 Å². The molecule has 1 atom stereocenters. The number of carbonyl (C=O) groups excluding carboxylic acids is 2. The maximum absolute atomic E-state index is 13.2. The maximum Gasteiger partial charge on any atom is 0.253 e. The first-order valence-corrected chi connectivity index (χ1v) is 12.0. The quantitative estimate of drug-likeness (QED) is 0.608. The largest absolute Gasteiger partial charge is 0.376 e. The van der Waals surface area contributed by atoms with Crippen molar-refractivity contribution in [3.05, 3.63) is 29.8 Å². The first kappa shape index (κ1) is 20.9. The molecule has 4 aliphatic carbocycles. The highest BCUT2D eigenvalue weighted by Gasteiger charge is 2.54. The van der Waals surface area contributed by atoms with Crippen molar-refractivity contribution in [2.24, 2.45) is 23.2 Å². The second-order valence-corrected chi connectivity index (χ2v) is 10.4. The van der Waals surface area contributed by atoms with Gasteiger partial charge in [-0.05, 0) is 93.5 Å². The summed E-state index contributed by atoms with van der Waals surface area (Å²) in [6.45, 7) is 1.26. The van der Waals surface area contributed by atoms with Gasteiger partial charge >= 0.3 is 0 Å². The van der Waals surface area contributed by atoms with Crippen molar-refractivity contribution in [1.82, 2.24) is 10.6 Å². The summed E-state index contributed by atoms with van der Waals surface area (Å²) in [4.78, 5) is 26.0. The van der Waals surface area contributed by atoms with E-state index in [2.05, 4.69) is 16.0 Å². The van der Waals surface area contributed by atoms with E-state index in [1.807, 2.05) is 18.2 Å². The lowest BCUT2D eigenvalue weighted by Gasteiger charge is -2.55. The van der Waals surface area contributed by atoms with Crippen molar-refractivity contribution in [3.63, 3.8) is 0 Å². The van der Waals surface area contributed by atoms with Crippen LogP contribution in [0.3, 0.4) is 0 Å². The van der Waals surface area contributed by atoms with Gasteiger partial charge in [-0.2, -0.15) is 0 Å². The Hall–Kier alpha value is -1.99. The van der Waals surface area contributed by atoms with Gasteiger partial charge in [-0.25, -0.2) is 0 Å². The van der Waals surface area contributed by atoms with Crippen LogP contribution in [-0.4, -0.2) is 36.2 Å². The molecule has 1 aromatic rings. The monoisotopic (exact) mass is 441 g/mol. The highest BCUT2D eigenvalue weighted by molar-refractivity contribution is 7.80. The highest BCUT2D eigenvalue weighted by Crippen LogP contribution is 2.60. The van der Waals surface area contributed by atoms with Gasteiger partial charge in [0.1, 0.15) is 0 Å². The molecule has 7 heteroatoms. The molecule has 1 saturated heterocycles. The van der Waals surface area contributed by atoms with Gasteiger partial charge in [0.25, 0.3) is 5.91 Å². The van der Waals surface area contributed by atoms with Gasteiger partial charge in [-0.3, -0.25) is 9.59 Å². The fourth-order valence-electron chi connectivity index (χ4n) is 6.68. The molecule has 3 N–H and O–H groups in total. The zero-order valence-corrected chi connectivity index (χ0v) is 18.6. The number of carbonyl (C=O) groups is 2. The van der Waals surface area contributed by atoms with Gasteiger partial charge in [0.15, 0.2) is 5.11 Å². The predicted octanol–water partition coefficient (Wildman–Crippen LogP) is 3.62. The van der Waals surface area contributed by atoms with Crippen molar-refractivity contribution in [1.29, 1.82) is 0 Å². The number of rotatable bonds is 5. The van der Waals surface area contributed by atoms with E-state index in [4.69, 9.17) is 17.0 Å². The molecule has 1 heterocycles. The fourth-order valence-corrected chi connectivity index (χ4v) is 6.88. The van der Waals surface area contributed by atoms with Crippen LogP contribution in [0.15, 0.2) is 24.3 Å². The van der Waals surface area contributed by atoms with Gasteiger partial charge in [-0.1, -0.05) is 12.1 Å². The van der Waals surface area contributed by atoms with E-state index in [0.717, 1.165) is 38.7 Å². The molecule has 4 saturated carbocycles. The summed E-state index contributed by atoms with van der Waals surface area (Å²) in [5, 5.41) is 9.26. The Morgan fingerprint density at radius 1 is 1.06 bits per heavy atom. The Morgan fingerprint density at radius 3 is 2.39 bits per heavy atom. The number of hydrogen-bond acceptors (Lipinski definition) is 4. The Labute approximate surface area is 188 Å². The highest BCUT2D eigenvalue weighted by atomic mass is 32.1. The number of amides is 2. The Kier molecular flexibility index (Phi) is 5.73. The number of para-hydroxylation sites is 1. The van der Waals surface area contributed by atoms with Crippen LogP contribution in [0, 0.1) is 23.2 Å². The lowest BCUT2D eigenvalue weighted by molar-refractivity contribution is -0.144. The van der Waals surface area contributed by atoms with Gasteiger partial charge in [-0.15, -0.1) is 0 Å². The van der Waals surface area contributed by atoms with Crippen molar-refractivity contribution < 1.29 is 14.3 Å². The van der Waals surface area contributed by atoms with Crippen LogP contribution < -0.4 is 16.0 Å². The number of anilines is 1. The lowest BCUT2D eigenvalue weighted by atomic mass is 9.49. The fraction of sp³-hybridized carbons (Fsp3) is 0.625. The molecule has 6 nitrogen and oxygen atoms in total. The predicted molar refractivity (Wildman–Crippen MR) is 123 cm³/mol. The second-order valence-electron chi connectivity index (χ2n) is 10.00. The SMILES string of the molecule is O=C(NCC1CCCO1)c1ccccc1NC(=S)NC(=O)C12CC3CC(CC(C3)C1)C2. The summed E-state index contributed by atoms with van der Waals surface area (Å²) >= 11 is 5.47. The van der Waals surface area contributed by atoms with E-state index in [9.17, 15) is 9.59 Å². The third kappa shape index (κ3) is 4.35. The summed E-state index contributed by atoms with van der Waals surface area (Å²) in [5.74, 6) is 1.99. The summed E-state index contributed by atoms with van der Waals surface area (Å²) in [7, 11) is 0. The second kappa shape index (κ2) is 8.51. The molecule has 0 radical (unpaired) electrons. The molecular weight excluding hydrogens is 410 g/mol. The normalized spacial score (nSPS) is 33.2. The zero-order valence-electron chi connectivity index (χ0n) is 17.8. The van der Waals surface area contributed by atoms with Crippen LogP contribution in [0.25, 0.3) is 0 Å². The van der Waals surface area contributed by atoms with Gasteiger partial charge in [0, 0.05) is 13.2 Å². The first-order chi connectivity index (χ1) is 15.0. The van der Waals surface area contributed by atoms with Crippen LogP contribution in [0.5, 0.6) is 0 Å². The molecule has 0 spiro atoms. The van der Waals surface area contributed by atoms with Crippen LogP contribution >= 0.6 is 12.2 Å². The molecule has 5 fully saturated rings. The third-order valence-electron chi connectivity index (χ3n) is 7.68. The molecule has 6 rings (SSSR count). The van der Waals surface area contributed by atoms with E-state index in [-0.39, 0.29) is 28.4 Å². The number of hydrogen-bond donors (Lipinski definition) is 3. The minimum Gasteiger partial charge on any atom is -0.376 e.